The van der Waals surface area contributed by atoms with Gasteiger partial charge in [-0.15, -0.1) is 11.3 Å². The number of alkyl halides is 6. The highest BCUT2D eigenvalue weighted by atomic mass is 32.1. The number of carbonyl (C=O) groups is 1. The summed E-state index contributed by atoms with van der Waals surface area (Å²) in [5, 5.41) is 2.96. The summed E-state index contributed by atoms with van der Waals surface area (Å²) in [4.78, 5) is 22.4. The summed E-state index contributed by atoms with van der Waals surface area (Å²) in [6.45, 7) is 1.09. The zero-order valence-electron chi connectivity index (χ0n) is 14.0. The molecule has 0 bridgehead atoms. The average molecular weight is 425 g/mol. The van der Waals surface area contributed by atoms with Crippen molar-refractivity contribution in [1.29, 1.82) is 0 Å². The van der Waals surface area contributed by atoms with Gasteiger partial charge in [-0.25, -0.2) is 14.8 Å². The number of carbonyl (C=O) groups excluding carboxylic acids is 1. The van der Waals surface area contributed by atoms with Gasteiger partial charge in [0.2, 0.25) is 0 Å². The Kier molecular flexibility index (Phi) is 5.37. The lowest BCUT2D eigenvalue weighted by Gasteiger charge is -2.35. The fourth-order valence-electron chi connectivity index (χ4n) is 2.51. The quantitative estimate of drug-likeness (QED) is 0.741. The molecule has 2 aromatic rings. The van der Waals surface area contributed by atoms with Crippen LogP contribution in [0, 0.1) is 0 Å². The van der Waals surface area contributed by atoms with Gasteiger partial charge < -0.3 is 9.80 Å². The second-order valence-corrected chi connectivity index (χ2v) is 6.70. The summed E-state index contributed by atoms with van der Waals surface area (Å²) < 4.78 is 75.3. The Balaban J connectivity index is 1.55. The van der Waals surface area contributed by atoms with Gasteiger partial charge in [0.05, 0.1) is 5.56 Å². The fraction of sp³-hybridized carbons (Fsp3) is 0.400. The largest absolute Gasteiger partial charge is 0.434 e. The van der Waals surface area contributed by atoms with Crippen LogP contribution in [0.3, 0.4) is 0 Å². The second kappa shape index (κ2) is 7.45. The van der Waals surface area contributed by atoms with Crippen LogP contribution in [0.5, 0.6) is 0 Å². The number of thiazole rings is 1. The lowest BCUT2D eigenvalue weighted by atomic mass is 10.2. The first-order valence-electron chi connectivity index (χ1n) is 7.91. The predicted molar refractivity (Wildman–Crippen MR) is 89.2 cm³/mol. The molecule has 2 amide bonds. The first-order valence-corrected chi connectivity index (χ1v) is 8.79. The van der Waals surface area contributed by atoms with Crippen LogP contribution < -0.4 is 10.2 Å². The van der Waals surface area contributed by atoms with Crippen molar-refractivity contribution in [3.05, 3.63) is 35.0 Å². The average Bonchev–Trinajstić information content (AvgIpc) is 3.10. The molecule has 0 unspecified atom stereocenters. The number of nitrogens with one attached hydrogen (secondary N) is 1. The van der Waals surface area contributed by atoms with Crippen LogP contribution in [0.15, 0.2) is 23.7 Å². The molecule has 0 radical (unpaired) electrons. The molecule has 1 fully saturated rings. The summed E-state index contributed by atoms with van der Waals surface area (Å²) in [6.07, 6.45) is -8.31. The van der Waals surface area contributed by atoms with E-state index in [2.05, 4.69) is 15.3 Å². The fourth-order valence-corrected chi connectivity index (χ4v) is 3.22. The van der Waals surface area contributed by atoms with Gasteiger partial charge in [0.25, 0.3) is 0 Å². The van der Waals surface area contributed by atoms with Crippen LogP contribution in [0.1, 0.15) is 11.3 Å². The monoisotopic (exact) mass is 425 g/mol. The maximum atomic E-state index is 12.6. The molecule has 1 aliphatic heterocycles. The minimum Gasteiger partial charge on any atom is -0.353 e. The Labute approximate surface area is 158 Å². The van der Waals surface area contributed by atoms with E-state index in [1.54, 1.807) is 4.90 Å². The molecule has 2 aromatic heterocycles. The van der Waals surface area contributed by atoms with Gasteiger partial charge in [0, 0.05) is 37.8 Å². The number of aromatic nitrogens is 2. The number of amides is 2. The number of pyridine rings is 1. The molecule has 3 heterocycles. The van der Waals surface area contributed by atoms with Crippen molar-refractivity contribution in [3.63, 3.8) is 0 Å². The van der Waals surface area contributed by atoms with E-state index >= 15 is 0 Å². The number of hydrogen-bond donors (Lipinski definition) is 1. The molecule has 3 rings (SSSR count). The minimum atomic E-state index is -4.58. The Bertz CT molecular complexity index is 827. The van der Waals surface area contributed by atoms with Crippen molar-refractivity contribution in [1.82, 2.24) is 14.9 Å². The number of anilines is 2. The van der Waals surface area contributed by atoms with Gasteiger partial charge in [0.1, 0.15) is 5.82 Å². The van der Waals surface area contributed by atoms with Gasteiger partial charge >= 0.3 is 18.4 Å². The maximum Gasteiger partial charge on any atom is 0.434 e. The summed E-state index contributed by atoms with van der Waals surface area (Å²) in [5.74, 6) is 0.350. The van der Waals surface area contributed by atoms with Crippen LogP contribution in [0.2, 0.25) is 0 Å². The van der Waals surface area contributed by atoms with Gasteiger partial charge in [0.15, 0.2) is 10.8 Å². The smallest absolute Gasteiger partial charge is 0.353 e. The van der Waals surface area contributed by atoms with E-state index in [4.69, 9.17) is 0 Å². The molecule has 1 saturated heterocycles. The van der Waals surface area contributed by atoms with E-state index in [1.165, 1.54) is 11.0 Å². The number of halogens is 6. The zero-order valence-corrected chi connectivity index (χ0v) is 14.8. The van der Waals surface area contributed by atoms with Crippen molar-refractivity contribution >= 4 is 28.3 Å². The molecule has 152 valence electrons. The van der Waals surface area contributed by atoms with Crippen LogP contribution in [-0.2, 0) is 12.4 Å². The van der Waals surface area contributed by atoms with Crippen LogP contribution in [-0.4, -0.2) is 47.1 Å². The number of hydrogen-bond acceptors (Lipinski definition) is 5. The predicted octanol–water partition coefficient (Wildman–Crippen LogP) is 3.93. The molecular weight excluding hydrogens is 412 g/mol. The second-order valence-electron chi connectivity index (χ2n) is 5.84. The summed E-state index contributed by atoms with van der Waals surface area (Å²) in [6, 6.07) is 1.60. The minimum absolute atomic E-state index is 0.163. The van der Waals surface area contributed by atoms with Crippen molar-refractivity contribution < 1.29 is 31.1 Å². The van der Waals surface area contributed by atoms with E-state index in [0.717, 1.165) is 17.6 Å². The van der Waals surface area contributed by atoms with E-state index < -0.39 is 29.6 Å². The van der Waals surface area contributed by atoms with Gasteiger partial charge in [-0.1, -0.05) is 0 Å². The third-order valence-corrected chi connectivity index (χ3v) is 4.73. The SMILES string of the molecule is O=C(Nc1nc(C(F)(F)F)cs1)N1CCN(c2ccc(C(F)(F)F)cn2)CC1. The number of rotatable bonds is 2. The molecular formula is C15H13F6N5OS. The molecule has 0 aliphatic carbocycles. The molecule has 1 aliphatic rings. The number of nitrogens with zero attached hydrogens (tertiary/aromatic N) is 4. The Hall–Kier alpha value is -2.57. The molecule has 0 atom stereocenters. The highest BCUT2D eigenvalue weighted by Gasteiger charge is 2.34. The van der Waals surface area contributed by atoms with Crippen LogP contribution in [0.25, 0.3) is 0 Å². The van der Waals surface area contributed by atoms with Gasteiger partial charge in [-0.3, -0.25) is 5.32 Å². The highest BCUT2D eigenvalue weighted by molar-refractivity contribution is 7.13. The molecule has 6 nitrogen and oxygen atoms in total. The molecule has 1 N–H and O–H groups in total. The van der Waals surface area contributed by atoms with E-state index in [0.29, 0.717) is 30.2 Å². The van der Waals surface area contributed by atoms with Crippen LogP contribution in [0.4, 0.5) is 42.1 Å². The molecule has 0 saturated carbocycles. The molecule has 13 heteroatoms. The topological polar surface area (TPSA) is 61.4 Å². The Morgan fingerprint density at radius 3 is 2.21 bits per heavy atom. The third kappa shape index (κ3) is 4.64. The lowest BCUT2D eigenvalue weighted by Crippen LogP contribution is -2.50. The van der Waals surface area contributed by atoms with Gasteiger partial charge in [-0.2, -0.15) is 26.3 Å². The van der Waals surface area contributed by atoms with E-state index in [-0.39, 0.29) is 18.2 Å². The summed E-state index contributed by atoms with van der Waals surface area (Å²) >= 11 is 0.667. The zero-order chi connectivity index (χ0) is 20.5. The normalized spacial score (nSPS) is 15.6. The summed E-state index contributed by atoms with van der Waals surface area (Å²) in [5.41, 5.74) is -1.93. The van der Waals surface area contributed by atoms with E-state index in [9.17, 15) is 31.1 Å². The number of urea groups is 1. The number of piperazine rings is 1. The summed E-state index contributed by atoms with van der Waals surface area (Å²) in [7, 11) is 0. The van der Waals surface area contributed by atoms with Gasteiger partial charge in [-0.05, 0) is 12.1 Å². The van der Waals surface area contributed by atoms with E-state index in [1.807, 2.05) is 0 Å². The van der Waals surface area contributed by atoms with Crippen molar-refractivity contribution in [2.45, 2.75) is 12.4 Å². The highest BCUT2D eigenvalue weighted by Crippen LogP contribution is 2.32. The van der Waals surface area contributed by atoms with Crippen molar-refractivity contribution in [2.24, 2.45) is 0 Å². The van der Waals surface area contributed by atoms with Crippen molar-refractivity contribution in [3.8, 4) is 0 Å². The van der Waals surface area contributed by atoms with Crippen LogP contribution >= 0.6 is 11.3 Å². The Morgan fingerprint density at radius 1 is 1.04 bits per heavy atom. The molecule has 28 heavy (non-hydrogen) atoms. The molecule has 0 aromatic carbocycles. The van der Waals surface area contributed by atoms with Crippen molar-refractivity contribution in [2.75, 3.05) is 36.4 Å². The first-order chi connectivity index (χ1) is 13.0. The standard InChI is InChI=1S/C15H13F6N5OS/c16-14(17,18)9-1-2-11(22-7-9)25-3-5-26(6-4-25)13(27)24-12-23-10(8-28-12)15(19,20)21/h1-2,7-8H,3-6H2,(H,23,24,27). The lowest BCUT2D eigenvalue weighted by molar-refractivity contribution is -0.140. The third-order valence-electron chi connectivity index (χ3n) is 3.97. The molecule has 0 spiro atoms. The first kappa shape index (κ1) is 20.2. The maximum absolute atomic E-state index is 12.6. The Morgan fingerprint density at radius 2 is 1.71 bits per heavy atom.